The van der Waals surface area contributed by atoms with E-state index in [9.17, 15) is 35.7 Å². The number of aliphatic hydroxyl groups is 7. The molecule has 4 aliphatic rings. The predicted molar refractivity (Wildman–Crippen MR) is 176 cm³/mol. The average molecular weight is 726 g/mol. The van der Waals surface area contributed by atoms with E-state index < -0.39 is 110 Å². The van der Waals surface area contributed by atoms with Crippen molar-refractivity contribution in [1.29, 1.82) is 0 Å². The molecule has 4 fully saturated rings. The van der Waals surface area contributed by atoms with Gasteiger partial charge >= 0.3 is 0 Å². The van der Waals surface area contributed by atoms with Gasteiger partial charge in [0.05, 0.1) is 36.5 Å². The molecule has 18 nitrogen and oxygen atoms in total. The maximum absolute atomic E-state index is 11.5. The van der Waals surface area contributed by atoms with Crippen LogP contribution < -0.4 is 28.7 Å². The molecule has 19 atom stereocenters. The molecule has 1 saturated carbocycles. The van der Waals surface area contributed by atoms with Crippen LogP contribution in [0.4, 0.5) is 0 Å². The van der Waals surface area contributed by atoms with E-state index in [4.69, 9.17) is 57.1 Å². The van der Waals surface area contributed by atoms with Gasteiger partial charge in [0.2, 0.25) is 0 Å². The normalized spacial score (nSPS) is 47.1. The standard InChI is InChI=1S/C32H63N5O13/c1-2-7-14-17(8-3-5-10-38)45-30(20(36)22(14)40)48-27-16(35)12-15(34)23(41)29(27)50-32-26(44)28(18(46-32)9-4-6-11-39)49-31-21(37)25(43)24(42)19(13-33)47-31/h14-32,38-44H,2-13,33-37H2,1H3/t14-,15-,16?,17?,18-,19+,20?,21?,22+,23?,24-,25?,26?,27-,28+,29-,30-,31-,32+/m1/s1. The van der Waals surface area contributed by atoms with Gasteiger partial charge in [0.25, 0.3) is 0 Å². The molecular weight excluding hydrogens is 662 g/mol. The molecular formula is C32H63N5O13. The quantitative estimate of drug-likeness (QED) is 0.0629. The monoisotopic (exact) mass is 725 g/mol. The Morgan fingerprint density at radius 3 is 1.70 bits per heavy atom. The highest BCUT2D eigenvalue weighted by molar-refractivity contribution is 5.02. The van der Waals surface area contributed by atoms with E-state index in [2.05, 4.69) is 0 Å². The molecule has 3 heterocycles. The van der Waals surface area contributed by atoms with Gasteiger partial charge in [-0.2, -0.15) is 0 Å². The maximum Gasteiger partial charge on any atom is 0.187 e. The topological polar surface area (TPSA) is 327 Å². The van der Waals surface area contributed by atoms with Crippen LogP contribution in [0.25, 0.3) is 0 Å². The molecule has 50 heavy (non-hydrogen) atoms. The van der Waals surface area contributed by atoms with Gasteiger partial charge in [0, 0.05) is 37.8 Å². The minimum Gasteiger partial charge on any atom is -0.396 e. The second-order valence-corrected chi connectivity index (χ2v) is 14.2. The lowest BCUT2D eigenvalue weighted by atomic mass is 9.82. The molecule has 0 aromatic heterocycles. The van der Waals surface area contributed by atoms with Crippen LogP contribution >= 0.6 is 0 Å². The summed E-state index contributed by atoms with van der Waals surface area (Å²) in [5.41, 5.74) is 31.1. The van der Waals surface area contributed by atoms with E-state index in [0.29, 0.717) is 44.9 Å². The Hall–Kier alpha value is -0.720. The fraction of sp³-hybridized carbons (Fsp3) is 1.00. The smallest absolute Gasteiger partial charge is 0.187 e. The molecule has 3 aliphatic heterocycles. The first-order valence-electron chi connectivity index (χ1n) is 18.2. The summed E-state index contributed by atoms with van der Waals surface area (Å²) < 4.78 is 37.0. The van der Waals surface area contributed by atoms with Gasteiger partial charge in [0.1, 0.15) is 42.7 Å². The average Bonchev–Trinajstić information content (AvgIpc) is 3.38. The second-order valence-electron chi connectivity index (χ2n) is 14.2. The molecule has 4 rings (SSSR count). The molecule has 18 heteroatoms. The van der Waals surface area contributed by atoms with Gasteiger partial charge in [-0.3, -0.25) is 0 Å². The van der Waals surface area contributed by atoms with Crippen LogP contribution in [0.5, 0.6) is 0 Å². The van der Waals surface area contributed by atoms with E-state index in [1.807, 2.05) is 6.92 Å². The summed E-state index contributed by atoms with van der Waals surface area (Å²) in [4.78, 5) is 0. The number of unbranched alkanes of at least 4 members (excludes halogenated alkanes) is 2. The van der Waals surface area contributed by atoms with Gasteiger partial charge < -0.3 is 92.8 Å². The summed E-state index contributed by atoms with van der Waals surface area (Å²) in [7, 11) is 0. The molecule has 0 amide bonds. The third-order valence-electron chi connectivity index (χ3n) is 10.6. The minimum atomic E-state index is -1.48. The minimum absolute atomic E-state index is 0.0321. The van der Waals surface area contributed by atoms with Crippen LogP contribution in [0.2, 0.25) is 0 Å². The summed E-state index contributed by atoms with van der Waals surface area (Å²) in [5.74, 6) is -0.243. The number of rotatable bonds is 17. The SMILES string of the molecule is CCC[C@@H]1C(CCCCO)O[C@H](O[C@@H]2C(N)C[C@@H](N)C(O)[C@H]2O[C@@H]2O[C@H](CCCCO)[C@H](O[C@H]3O[C@@H](CN)[C@@H](O)C(O)C3N)C2O)C(N)[C@H]1O. The number of ether oxygens (including phenoxy) is 6. The highest BCUT2D eigenvalue weighted by Gasteiger charge is 2.54. The third kappa shape index (κ3) is 9.68. The van der Waals surface area contributed by atoms with Crippen molar-refractivity contribution in [2.24, 2.45) is 34.6 Å². The van der Waals surface area contributed by atoms with Gasteiger partial charge in [-0.15, -0.1) is 0 Å². The van der Waals surface area contributed by atoms with Crippen molar-refractivity contribution in [3.63, 3.8) is 0 Å². The number of hydrogen-bond donors (Lipinski definition) is 12. The molecule has 3 saturated heterocycles. The summed E-state index contributed by atoms with van der Waals surface area (Å²) in [5, 5.41) is 73.6. The summed E-state index contributed by atoms with van der Waals surface area (Å²) in [6, 6.07) is -3.73. The summed E-state index contributed by atoms with van der Waals surface area (Å²) >= 11 is 0. The summed E-state index contributed by atoms with van der Waals surface area (Å²) in [6.45, 7) is 1.84. The lowest BCUT2D eigenvalue weighted by Crippen LogP contribution is -2.67. The molecule has 0 aromatic rings. The van der Waals surface area contributed by atoms with Gasteiger partial charge in [-0.05, 0) is 51.4 Å². The Morgan fingerprint density at radius 2 is 1.10 bits per heavy atom. The van der Waals surface area contributed by atoms with Crippen molar-refractivity contribution in [3.05, 3.63) is 0 Å². The number of nitrogens with two attached hydrogens (primary N) is 5. The first-order valence-corrected chi connectivity index (χ1v) is 18.2. The second kappa shape index (κ2) is 19.6. The Morgan fingerprint density at radius 1 is 0.560 bits per heavy atom. The van der Waals surface area contributed by atoms with Crippen LogP contribution in [-0.4, -0.2) is 166 Å². The van der Waals surface area contributed by atoms with Crippen molar-refractivity contribution in [2.75, 3.05) is 19.8 Å². The summed E-state index contributed by atoms with van der Waals surface area (Å²) in [6.07, 6.45) is -11.2. The molecule has 17 N–H and O–H groups in total. The molecule has 7 unspecified atom stereocenters. The van der Waals surface area contributed by atoms with Crippen molar-refractivity contribution in [2.45, 2.75) is 175 Å². The van der Waals surface area contributed by atoms with Crippen molar-refractivity contribution >= 4 is 0 Å². The third-order valence-corrected chi connectivity index (χ3v) is 10.6. The van der Waals surface area contributed by atoms with Gasteiger partial charge in [-0.25, -0.2) is 0 Å². The van der Waals surface area contributed by atoms with Gasteiger partial charge in [-0.1, -0.05) is 13.3 Å². The fourth-order valence-corrected chi connectivity index (χ4v) is 7.60. The molecule has 0 spiro atoms. The fourth-order valence-electron chi connectivity index (χ4n) is 7.60. The molecule has 0 radical (unpaired) electrons. The first-order chi connectivity index (χ1) is 23.9. The van der Waals surface area contributed by atoms with E-state index in [0.717, 1.165) is 6.42 Å². The van der Waals surface area contributed by atoms with Crippen LogP contribution in [0, 0.1) is 5.92 Å². The van der Waals surface area contributed by atoms with E-state index in [1.54, 1.807) is 0 Å². The lowest BCUT2D eigenvalue weighted by Gasteiger charge is -2.48. The molecule has 0 aromatic carbocycles. The van der Waals surface area contributed by atoms with Crippen molar-refractivity contribution < 1.29 is 64.2 Å². The van der Waals surface area contributed by atoms with E-state index >= 15 is 0 Å². The van der Waals surface area contributed by atoms with Crippen LogP contribution in [0.3, 0.4) is 0 Å². The van der Waals surface area contributed by atoms with Crippen LogP contribution in [-0.2, 0) is 28.4 Å². The Bertz CT molecular complexity index is 995. The highest BCUT2D eigenvalue weighted by Crippen LogP contribution is 2.37. The highest BCUT2D eigenvalue weighted by atomic mass is 16.8. The van der Waals surface area contributed by atoms with E-state index in [1.165, 1.54) is 0 Å². The number of hydrogen-bond acceptors (Lipinski definition) is 18. The van der Waals surface area contributed by atoms with Crippen molar-refractivity contribution in [3.8, 4) is 0 Å². The largest absolute Gasteiger partial charge is 0.396 e. The Balaban J connectivity index is 1.53. The van der Waals surface area contributed by atoms with Crippen molar-refractivity contribution in [1.82, 2.24) is 0 Å². The number of aliphatic hydroxyl groups excluding tert-OH is 7. The predicted octanol–water partition coefficient (Wildman–Crippen LogP) is -4.47. The molecule has 294 valence electrons. The zero-order chi connectivity index (χ0) is 36.7. The Kier molecular flexibility index (Phi) is 16.4. The zero-order valence-corrected chi connectivity index (χ0v) is 28.9. The van der Waals surface area contributed by atoms with E-state index in [-0.39, 0.29) is 32.1 Å². The molecule has 1 aliphatic carbocycles. The van der Waals surface area contributed by atoms with Crippen LogP contribution in [0.15, 0.2) is 0 Å². The van der Waals surface area contributed by atoms with Crippen LogP contribution in [0.1, 0.15) is 64.7 Å². The Labute approximate surface area is 293 Å². The zero-order valence-electron chi connectivity index (χ0n) is 28.9. The first kappa shape index (κ1) is 42.0. The lowest BCUT2D eigenvalue weighted by molar-refractivity contribution is -0.304. The molecule has 0 bridgehead atoms. The van der Waals surface area contributed by atoms with Gasteiger partial charge in [0.15, 0.2) is 18.9 Å². The maximum atomic E-state index is 11.5.